The van der Waals surface area contributed by atoms with Gasteiger partial charge >= 0.3 is 0 Å². The Morgan fingerprint density at radius 1 is 1.50 bits per heavy atom. The Balaban J connectivity index is 2.63. The van der Waals surface area contributed by atoms with E-state index in [9.17, 15) is 0 Å². The smallest absolute Gasteiger partial charge is 0.185 e. The second-order valence-electron chi connectivity index (χ2n) is 1.25. The SMILES string of the molecule is C[C-](C)PP[NH-]. The Bertz CT molecular complexity index is 30.0. The average Bonchev–Trinajstić information content (AvgIpc) is 1.35. The molecule has 0 aliphatic rings. The molecule has 0 bridgehead atoms. The lowest BCUT2D eigenvalue weighted by Crippen LogP contribution is -1.59. The van der Waals surface area contributed by atoms with Crippen LogP contribution in [-0.2, 0) is 0 Å². The molecule has 0 aromatic carbocycles. The van der Waals surface area contributed by atoms with Crippen molar-refractivity contribution in [2.45, 2.75) is 13.8 Å². The van der Waals surface area contributed by atoms with Gasteiger partial charge in [0, 0.05) is 0 Å². The standard InChI is InChI=1S/C3H9NP2/c1-3(2)5-6-4/h4-6H,1-2H3/q-2. The molecular formula is C3H9NP2-2. The molecule has 0 radical (unpaired) electrons. The summed E-state index contributed by atoms with van der Waals surface area (Å²) in [6, 6.07) is 0. The van der Waals surface area contributed by atoms with Gasteiger partial charge in [0.25, 0.3) is 0 Å². The molecule has 3 heteroatoms. The van der Waals surface area contributed by atoms with Crippen LogP contribution in [-0.4, -0.2) is 0 Å². The monoisotopic (exact) mass is 121 g/mol. The normalized spacial score (nSPS) is 14.0. The van der Waals surface area contributed by atoms with Crippen LogP contribution < -0.4 is 0 Å². The predicted octanol–water partition coefficient (Wildman–Crippen LogP) is 2.80. The van der Waals surface area contributed by atoms with Crippen molar-refractivity contribution >= 4 is 16.7 Å². The highest BCUT2D eigenvalue weighted by Gasteiger charge is 1.63. The minimum absolute atomic E-state index is 0.379. The molecule has 0 aromatic rings. The molecule has 0 aliphatic carbocycles. The third-order valence-corrected chi connectivity index (χ3v) is 2.81. The van der Waals surface area contributed by atoms with E-state index in [-0.39, 0.29) is 0 Å². The van der Waals surface area contributed by atoms with Crippen LogP contribution in [0, 0.1) is 5.66 Å². The van der Waals surface area contributed by atoms with Crippen molar-refractivity contribution in [2.24, 2.45) is 0 Å². The molecule has 0 spiro atoms. The van der Waals surface area contributed by atoms with Gasteiger partial charge in [0.05, 0.1) is 0 Å². The van der Waals surface area contributed by atoms with Crippen LogP contribution in [0.25, 0.3) is 5.50 Å². The Kier molecular flexibility index (Phi) is 4.54. The highest BCUT2D eigenvalue weighted by molar-refractivity contribution is 8.14. The molecular weight excluding hydrogens is 112 g/mol. The minimum atomic E-state index is 0.379. The van der Waals surface area contributed by atoms with Crippen LogP contribution in [0.4, 0.5) is 0 Å². The highest BCUT2D eigenvalue weighted by Crippen LogP contribution is 2.44. The third-order valence-electron chi connectivity index (χ3n) is 0.312. The second-order valence-corrected chi connectivity index (χ2v) is 4.25. The molecule has 2 atom stereocenters. The van der Waals surface area contributed by atoms with Gasteiger partial charge in [0.15, 0.2) is 0 Å². The maximum absolute atomic E-state index is 6.75. The highest BCUT2D eigenvalue weighted by atomic mass is 32.0. The molecule has 0 aromatic heterocycles. The summed E-state index contributed by atoms with van der Waals surface area (Å²) in [5, 5.41) is 0. The zero-order valence-corrected chi connectivity index (χ0v) is 6.00. The summed E-state index contributed by atoms with van der Waals surface area (Å²) >= 11 is 0. The lowest BCUT2D eigenvalue weighted by atomic mass is 10.6. The van der Waals surface area contributed by atoms with Crippen LogP contribution >= 0.6 is 16.7 Å². The number of hydrogen-bond acceptors (Lipinski definition) is 0. The first-order valence-corrected chi connectivity index (χ1v) is 4.75. The summed E-state index contributed by atoms with van der Waals surface area (Å²) < 4.78 is 0. The molecule has 0 saturated carbocycles. The Morgan fingerprint density at radius 2 is 2.00 bits per heavy atom. The van der Waals surface area contributed by atoms with E-state index < -0.39 is 0 Å². The van der Waals surface area contributed by atoms with Crippen LogP contribution in [0.2, 0.25) is 0 Å². The van der Waals surface area contributed by atoms with Crippen LogP contribution in [0.1, 0.15) is 13.8 Å². The lowest BCUT2D eigenvalue weighted by molar-refractivity contribution is 1.34. The quantitative estimate of drug-likeness (QED) is 0.396. The third kappa shape index (κ3) is 4.82. The largest absolute Gasteiger partial charge is 0.653 e. The maximum atomic E-state index is 6.75. The van der Waals surface area contributed by atoms with Crippen LogP contribution in [0.3, 0.4) is 0 Å². The summed E-state index contributed by atoms with van der Waals surface area (Å²) in [5.41, 5.74) is 8.14. The summed E-state index contributed by atoms with van der Waals surface area (Å²) in [6.45, 7) is 4.14. The first-order chi connectivity index (χ1) is 2.77. The Labute approximate surface area is 42.6 Å². The first-order valence-electron chi connectivity index (χ1n) is 1.75. The fourth-order valence-electron chi connectivity index (χ4n) is 0.125. The van der Waals surface area contributed by atoms with Gasteiger partial charge in [0.1, 0.15) is 0 Å². The van der Waals surface area contributed by atoms with Gasteiger partial charge in [-0.15, -0.1) is 0 Å². The minimum Gasteiger partial charge on any atom is -0.653 e. The van der Waals surface area contributed by atoms with E-state index in [0.29, 0.717) is 8.42 Å². The molecule has 1 N–H and O–H groups in total. The van der Waals surface area contributed by atoms with Gasteiger partial charge in [-0.05, 0) is 0 Å². The lowest BCUT2D eigenvalue weighted by Gasteiger charge is -2.18. The fraction of sp³-hybridized carbons (Fsp3) is 0.667. The Morgan fingerprint density at radius 3 is 2.00 bits per heavy atom. The van der Waals surface area contributed by atoms with E-state index in [2.05, 4.69) is 13.8 Å². The van der Waals surface area contributed by atoms with Gasteiger partial charge in [-0.25, -0.2) is 8.42 Å². The summed E-state index contributed by atoms with van der Waals surface area (Å²) in [5.74, 6) is 0. The van der Waals surface area contributed by atoms with E-state index >= 15 is 0 Å². The zero-order chi connectivity index (χ0) is 4.99. The second kappa shape index (κ2) is 3.99. The number of rotatable bonds is 2. The molecule has 0 fully saturated rings. The molecule has 0 amide bonds. The van der Waals surface area contributed by atoms with E-state index in [0.717, 1.165) is 8.27 Å². The zero-order valence-electron chi connectivity index (χ0n) is 4.00. The summed E-state index contributed by atoms with van der Waals surface area (Å²) in [6.07, 6.45) is 0. The molecule has 0 rings (SSSR count). The number of hydrogen-bond donors (Lipinski definition) is 0. The van der Waals surface area contributed by atoms with Gasteiger partial charge < -0.3 is 5.50 Å². The van der Waals surface area contributed by atoms with Crippen LogP contribution in [0.5, 0.6) is 0 Å². The van der Waals surface area contributed by atoms with Crippen molar-refractivity contribution in [1.82, 2.24) is 0 Å². The molecule has 1 nitrogen and oxygen atoms in total. The van der Waals surface area contributed by atoms with E-state index in [1.54, 1.807) is 0 Å². The van der Waals surface area contributed by atoms with E-state index in [1.165, 1.54) is 5.66 Å². The first kappa shape index (κ1) is 6.82. The molecule has 6 heavy (non-hydrogen) atoms. The van der Waals surface area contributed by atoms with Gasteiger partial charge in [-0.1, -0.05) is 0 Å². The van der Waals surface area contributed by atoms with Crippen molar-refractivity contribution in [3.05, 3.63) is 11.2 Å². The topological polar surface area (TPSA) is 23.8 Å². The van der Waals surface area contributed by atoms with Crippen molar-refractivity contribution in [3.8, 4) is 0 Å². The average molecular weight is 121 g/mol. The van der Waals surface area contributed by atoms with Gasteiger partial charge in [-0.2, -0.15) is 13.8 Å². The molecule has 0 aliphatic heterocycles. The molecule has 38 valence electrons. The van der Waals surface area contributed by atoms with Crippen LogP contribution in [0.15, 0.2) is 0 Å². The predicted molar refractivity (Wildman–Crippen MR) is 35.5 cm³/mol. The fourth-order valence-corrected chi connectivity index (χ4v) is 1.12. The number of nitrogens with one attached hydrogen (secondary N) is 1. The Hall–Kier alpha value is 0.820. The molecule has 2 unspecified atom stereocenters. The van der Waals surface area contributed by atoms with Gasteiger partial charge in [0.2, 0.25) is 0 Å². The van der Waals surface area contributed by atoms with Gasteiger partial charge in [-0.3, -0.25) is 13.9 Å². The summed E-state index contributed by atoms with van der Waals surface area (Å²) in [4.78, 5) is 0. The maximum Gasteiger partial charge on any atom is -0.185 e. The van der Waals surface area contributed by atoms with Crippen molar-refractivity contribution < 1.29 is 0 Å². The summed E-state index contributed by atoms with van der Waals surface area (Å²) in [7, 11) is 1.16. The van der Waals surface area contributed by atoms with E-state index in [4.69, 9.17) is 5.50 Å². The van der Waals surface area contributed by atoms with Crippen molar-refractivity contribution in [1.29, 1.82) is 0 Å². The van der Waals surface area contributed by atoms with Crippen molar-refractivity contribution in [2.75, 3.05) is 0 Å². The molecule has 0 heterocycles. The van der Waals surface area contributed by atoms with E-state index in [1.807, 2.05) is 0 Å². The van der Waals surface area contributed by atoms with Crippen molar-refractivity contribution in [3.63, 3.8) is 0 Å². The molecule has 0 saturated heterocycles.